The van der Waals surface area contributed by atoms with Gasteiger partial charge in [-0.1, -0.05) is 47.5 Å². The summed E-state index contributed by atoms with van der Waals surface area (Å²) in [5.41, 5.74) is 7.94. The number of rotatable bonds is 14. The van der Waals surface area contributed by atoms with E-state index in [1.54, 1.807) is 45.4 Å². The lowest BCUT2D eigenvalue weighted by molar-refractivity contribution is 0.0916. The van der Waals surface area contributed by atoms with Crippen molar-refractivity contribution in [3.8, 4) is 0 Å². The zero-order chi connectivity index (χ0) is 37.3. The van der Waals surface area contributed by atoms with E-state index in [1.165, 1.54) is 18.2 Å². The second-order valence-corrected chi connectivity index (χ2v) is 11.9. The number of carbonyl (C=O) groups is 3. The fraction of sp³-hybridized carbons (Fsp3) is 0.270. The van der Waals surface area contributed by atoms with Gasteiger partial charge in [0.05, 0.1) is 35.5 Å². The van der Waals surface area contributed by atoms with Crippen LogP contribution in [0.5, 0.6) is 0 Å². The lowest BCUT2D eigenvalue weighted by atomic mass is 10.0. The molecule has 2 unspecified atom stereocenters. The highest BCUT2D eigenvalue weighted by atomic mass is 35.5. The van der Waals surface area contributed by atoms with E-state index < -0.39 is 23.6 Å². The van der Waals surface area contributed by atoms with E-state index >= 15 is 0 Å². The van der Waals surface area contributed by atoms with Gasteiger partial charge in [0.2, 0.25) is 0 Å². The smallest absolute Gasteiger partial charge is 0.411 e. The van der Waals surface area contributed by atoms with Crippen molar-refractivity contribution in [3.05, 3.63) is 129 Å². The third kappa shape index (κ3) is 13.1. The molecule has 0 bridgehead atoms. The standard InChI is InChI=1S/C20H22ClFN2O4.C17H18ClFN2O2/c1-3-28-20(26)24-18-12-15(22)8-9-16(18)19(25)23-17(10-11-27-2)13-4-6-14(21)7-5-13;1-23-9-8-16(11-2-4-12(18)5-3-11)21-17(22)14-7-6-13(19)10-15(14)20/h4-9,12,17H,3,10-11H2,1-2H3,(H,23,25)(H,24,26);2-7,10,16H,8-9,20H2,1H3,(H,21,22). The number of nitrogens with one attached hydrogen (secondary N) is 3. The Morgan fingerprint density at radius 2 is 1.16 bits per heavy atom. The number of ether oxygens (including phenoxy) is 3. The van der Waals surface area contributed by atoms with Gasteiger partial charge in [-0.05, 0) is 91.6 Å². The second-order valence-electron chi connectivity index (χ2n) is 11.0. The molecule has 4 rings (SSSR count). The number of halogens is 4. The van der Waals surface area contributed by atoms with Crippen LogP contribution in [-0.4, -0.2) is 51.9 Å². The first kappa shape index (κ1) is 40.7. The van der Waals surface area contributed by atoms with Crippen LogP contribution in [0.15, 0.2) is 84.9 Å². The Morgan fingerprint density at radius 3 is 1.61 bits per heavy atom. The first-order chi connectivity index (χ1) is 24.4. The van der Waals surface area contributed by atoms with Gasteiger partial charge in [-0.25, -0.2) is 13.6 Å². The minimum Gasteiger partial charge on any atom is -0.450 e. The molecule has 14 heteroatoms. The highest BCUT2D eigenvalue weighted by Crippen LogP contribution is 2.24. The quantitative estimate of drug-likeness (QED) is 0.0956. The summed E-state index contributed by atoms with van der Waals surface area (Å²) in [4.78, 5) is 36.9. The molecule has 0 saturated heterocycles. The highest BCUT2D eigenvalue weighted by Gasteiger charge is 2.21. The van der Waals surface area contributed by atoms with Crippen LogP contribution in [-0.2, 0) is 14.2 Å². The summed E-state index contributed by atoms with van der Waals surface area (Å²) in [7, 11) is 3.17. The first-order valence-electron chi connectivity index (χ1n) is 15.8. The van der Waals surface area contributed by atoms with Crippen molar-refractivity contribution >= 4 is 52.5 Å². The Balaban J connectivity index is 0.000000281. The van der Waals surface area contributed by atoms with Crippen molar-refractivity contribution in [1.82, 2.24) is 10.6 Å². The summed E-state index contributed by atoms with van der Waals surface area (Å²) in [5, 5.41) is 9.39. The van der Waals surface area contributed by atoms with Gasteiger partial charge in [0.25, 0.3) is 11.8 Å². The summed E-state index contributed by atoms with van der Waals surface area (Å²) >= 11 is 11.8. The summed E-state index contributed by atoms with van der Waals surface area (Å²) < 4.78 is 41.7. The molecule has 0 aromatic heterocycles. The zero-order valence-corrected chi connectivity index (χ0v) is 29.8. The average Bonchev–Trinajstić information content (AvgIpc) is 3.09. The Morgan fingerprint density at radius 1 is 0.706 bits per heavy atom. The predicted octanol–water partition coefficient (Wildman–Crippen LogP) is 8.12. The number of nitrogen functional groups attached to an aromatic ring is 1. The molecule has 0 saturated carbocycles. The van der Waals surface area contributed by atoms with E-state index in [0.717, 1.165) is 29.3 Å². The van der Waals surface area contributed by atoms with Crippen molar-refractivity contribution in [2.75, 3.05) is 45.1 Å². The molecule has 4 aromatic rings. The molecule has 51 heavy (non-hydrogen) atoms. The average molecular weight is 746 g/mol. The van der Waals surface area contributed by atoms with Crippen LogP contribution in [0.4, 0.5) is 25.0 Å². The van der Waals surface area contributed by atoms with E-state index in [-0.39, 0.29) is 47.1 Å². The number of nitrogens with two attached hydrogens (primary N) is 1. The van der Waals surface area contributed by atoms with Crippen molar-refractivity contribution in [1.29, 1.82) is 0 Å². The Labute approximate surface area is 305 Å². The Bertz CT molecular complexity index is 1750. The van der Waals surface area contributed by atoms with Crippen molar-refractivity contribution < 1.29 is 37.4 Å². The number of methoxy groups -OCH3 is 2. The summed E-state index contributed by atoms with van der Waals surface area (Å²) in [6, 6.07) is 20.9. The van der Waals surface area contributed by atoms with Gasteiger partial charge < -0.3 is 30.6 Å². The topological polar surface area (TPSA) is 141 Å². The largest absolute Gasteiger partial charge is 0.450 e. The van der Waals surface area contributed by atoms with Crippen molar-refractivity contribution in [2.45, 2.75) is 31.8 Å². The first-order valence-corrected chi connectivity index (χ1v) is 16.6. The zero-order valence-electron chi connectivity index (χ0n) is 28.3. The number of benzene rings is 4. The van der Waals surface area contributed by atoms with Gasteiger partial charge in [0, 0.05) is 43.2 Å². The molecule has 5 N–H and O–H groups in total. The maximum Gasteiger partial charge on any atom is 0.411 e. The molecule has 3 amide bonds. The fourth-order valence-electron chi connectivity index (χ4n) is 4.81. The lowest BCUT2D eigenvalue weighted by Crippen LogP contribution is -2.30. The van der Waals surface area contributed by atoms with Gasteiger partial charge in [0.15, 0.2) is 0 Å². The molecule has 2 atom stereocenters. The molecule has 0 radical (unpaired) electrons. The summed E-state index contributed by atoms with van der Waals surface area (Å²) in [6.45, 7) is 2.70. The van der Waals surface area contributed by atoms with Crippen molar-refractivity contribution in [3.63, 3.8) is 0 Å². The van der Waals surface area contributed by atoms with Gasteiger partial charge in [-0.3, -0.25) is 14.9 Å². The normalized spacial score (nSPS) is 11.7. The molecule has 0 aliphatic heterocycles. The molecule has 0 fully saturated rings. The summed E-state index contributed by atoms with van der Waals surface area (Å²) in [5.74, 6) is -1.90. The van der Waals surface area contributed by atoms with E-state index in [0.29, 0.717) is 36.1 Å². The third-order valence-electron chi connectivity index (χ3n) is 7.37. The Hall–Kier alpha value is -4.75. The number of hydrogen-bond donors (Lipinski definition) is 4. The predicted molar refractivity (Wildman–Crippen MR) is 194 cm³/mol. The molecule has 0 spiro atoms. The maximum absolute atomic E-state index is 13.6. The van der Waals surface area contributed by atoms with Gasteiger partial charge >= 0.3 is 6.09 Å². The number of hydrogen-bond acceptors (Lipinski definition) is 7. The molecule has 4 aromatic carbocycles. The maximum atomic E-state index is 13.6. The summed E-state index contributed by atoms with van der Waals surface area (Å²) in [6.07, 6.45) is 0.340. The van der Waals surface area contributed by atoms with E-state index in [9.17, 15) is 23.2 Å². The SMILES string of the molecule is CCOC(=O)Nc1cc(F)ccc1C(=O)NC(CCOC)c1ccc(Cl)cc1.COCCC(NC(=O)c1ccc(F)cc1N)c1ccc(Cl)cc1. The fourth-order valence-corrected chi connectivity index (χ4v) is 5.07. The van der Waals surface area contributed by atoms with E-state index in [2.05, 4.69) is 16.0 Å². The Kier molecular flexibility index (Phi) is 16.6. The number of amides is 3. The lowest BCUT2D eigenvalue weighted by Gasteiger charge is -2.20. The molecule has 10 nitrogen and oxygen atoms in total. The minimum absolute atomic E-state index is 0.0255. The van der Waals surface area contributed by atoms with E-state index in [1.807, 2.05) is 24.3 Å². The van der Waals surface area contributed by atoms with Crippen LogP contribution < -0.4 is 21.7 Å². The minimum atomic E-state index is -0.768. The van der Waals surface area contributed by atoms with Gasteiger partial charge in [-0.15, -0.1) is 0 Å². The molecular formula is C37H40Cl2F2N4O6. The third-order valence-corrected chi connectivity index (χ3v) is 7.88. The van der Waals surface area contributed by atoms with Crippen LogP contribution in [0.3, 0.4) is 0 Å². The van der Waals surface area contributed by atoms with Crippen molar-refractivity contribution in [2.24, 2.45) is 0 Å². The molecule has 0 aliphatic carbocycles. The molecular weight excluding hydrogens is 705 g/mol. The van der Waals surface area contributed by atoms with Crippen LogP contribution in [0.25, 0.3) is 0 Å². The van der Waals surface area contributed by atoms with Crippen LogP contribution in [0.1, 0.15) is 63.7 Å². The molecule has 0 heterocycles. The molecule has 272 valence electrons. The number of anilines is 2. The van der Waals surface area contributed by atoms with Crippen LogP contribution in [0.2, 0.25) is 10.0 Å². The van der Waals surface area contributed by atoms with Crippen LogP contribution >= 0.6 is 23.2 Å². The highest BCUT2D eigenvalue weighted by molar-refractivity contribution is 6.30. The second kappa shape index (κ2) is 20.8. The molecule has 0 aliphatic rings. The number of carbonyl (C=O) groups excluding carboxylic acids is 3. The van der Waals surface area contributed by atoms with Crippen LogP contribution in [0, 0.1) is 11.6 Å². The van der Waals surface area contributed by atoms with Gasteiger partial charge in [-0.2, -0.15) is 0 Å². The monoisotopic (exact) mass is 744 g/mol. The van der Waals surface area contributed by atoms with E-state index in [4.69, 9.17) is 43.1 Å². The van der Waals surface area contributed by atoms with Gasteiger partial charge in [0.1, 0.15) is 11.6 Å².